The zero-order valence-corrected chi connectivity index (χ0v) is 14.4. The number of carbonyl (C=O) groups excluding carboxylic acids is 2. The molecule has 2 rings (SSSR count). The maximum atomic E-state index is 11.5. The highest BCUT2D eigenvalue weighted by Gasteiger charge is 2.27. The summed E-state index contributed by atoms with van der Waals surface area (Å²) < 4.78 is 0. The highest BCUT2D eigenvalue weighted by Crippen LogP contribution is 2.09. The molecule has 1 saturated heterocycles. The van der Waals surface area contributed by atoms with E-state index in [-0.39, 0.29) is 18.5 Å². The zero-order chi connectivity index (χ0) is 16.7. The van der Waals surface area contributed by atoms with E-state index in [0.29, 0.717) is 13.1 Å². The second-order valence-electron chi connectivity index (χ2n) is 5.19. The van der Waals surface area contributed by atoms with E-state index in [2.05, 4.69) is 38.0 Å². The van der Waals surface area contributed by atoms with Crippen molar-refractivity contribution in [3.63, 3.8) is 0 Å². The lowest BCUT2D eigenvalue weighted by Gasteiger charge is -2.22. The number of amides is 3. The molecule has 1 aromatic rings. The van der Waals surface area contributed by atoms with Crippen LogP contribution in [0.2, 0.25) is 0 Å². The number of guanidine groups is 1. The Morgan fingerprint density at radius 2 is 2.35 bits per heavy atom. The second kappa shape index (κ2) is 8.52. The first-order valence-electron chi connectivity index (χ1n) is 7.72. The summed E-state index contributed by atoms with van der Waals surface area (Å²) in [6.45, 7) is 4.42. The Balaban J connectivity index is 1.85. The summed E-state index contributed by atoms with van der Waals surface area (Å²) in [5.41, 5.74) is 0. The van der Waals surface area contributed by atoms with Gasteiger partial charge in [-0.1, -0.05) is 6.07 Å². The lowest BCUT2D eigenvalue weighted by Crippen LogP contribution is -2.41. The van der Waals surface area contributed by atoms with Crippen molar-refractivity contribution in [1.29, 1.82) is 0 Å². The van der Waals surface area contributed by atoms with Gasteiger partial charge in [0.25, 0.3) is 0 Å². The Bertz CT molecular complexity index is 542. The van der Waals surface area contributed by atoms with E-state index in [1.165, 1.54) is 9.78 Å². The molecule has 0 unspecified atom stereocenters. The molecule has 3 amide bonds. The van der Waals surface area contributed by atoms with E-state index < -0.39 is 0 Å². The molecule has 1 aromatic heterocycles. The predicted octanol–water partition coefficient (Wildman–Crippen LogP) is 0.740. The van der Waals surface area contributed by atoms with Crippen LogP contribution in [0.15, 0.2) is 22.5 Å². The molecule has 0 radical (unpaired) electrons. The minimum absolute atomic E-state index is 0.0866. The first-order chi connectivity index (χ1) is 11.1. The van der Waals surface area contributed by atoms with Crippen molar-refractivity contribution in [2.24, 2.45) is 4.99 Å². The largest absolute Gasteiger partial charge is 0.357 e. The van der Waals surface area contributed by atoms with E-state index in [0.717, 1.165) is 25.5 Å². The van der Waals surface area contributed by atoms with Crippen LogP contribution in [0.4, 0.5) is 4.79 Å². The van der Waals surface area contributed by atoms with Crippen molar-refractivity contribution in [1.82, 2.24) is 20.4 Å². The minimum Gasteiger partial charge on any atom is -0.357 e. The van der Waals surface area contributed by atoms with Crippen molar-refractivity contribution in [3.8, 4) is 0 Å². The number of imide groups is 1. The lowest BCUT2D eigenvalue weighted by molar-refractivity contribution is -0.124. The third-order valence-corrected chi connectivity index (χ3v) is 4.43. The summed E-state index contributed by atoms with van der Waals surface area (Å²) in [6, 6.07) is 3.85. The van der Waals surface area contributed by atoms with Gasteiger partial charge < -0.3 is 15.5 Å². The van der Waals surface area contributed by atoms with Gasteiger partial charge in [0.2, 0.25) is 5.91 Å². The third-order valence-electron chi connectivity index (χ3n) is 3.49. The van der Waals surface area contributed by atoms with Crippen molar-refractivity contribution < 1.29 is 9.59 Å². The van der Waals surface area contributed by atoms with Gasteiger partial charge in [-0.2, -0.15) is 0 Å². The average molecular weight is 337 g/mol. The van der Waals surface area contributed by atoms with Crippen molar-refractivity contribution in [3.05, 3.63) is 22.4 Å². The van der Waals surface area contributed by atoms with Crippen LogP contribution in [0.5, 0.6) is 0 Å². The Hall–Kier alpha value is -2.09. The normalized spacial score (nSPS) is 15.0. The number of thiophene rings is 1. The van der Waals surface area contributed by atoms with Crippen LogP contribution in [-0.4, -0.2) is 67.5 Å². The van der Waals surface area contributed by atoms with E-state index in [1.54, 1.807) is 11.3 Å². The molecule has 0 aromatic carbocycles. The summed E-state index contributed by atoms with van der Waals surface area (Å²) in [5.74, 6) is 0.595. The number of aliphatic imine (C=N–C) groups is 1. The summed E-state index contributed by atoms with van der Waals surface area (Å²) >= 11 is 1.75. The van der Waals surface area contributed by atoms with E-state index in [4.69, 9.17) is 0 Å². The molecule has 0 atom stereocenters. The number of nitrogens with one attached hydrogen (secondary N) is 2. The second-order valence-corrected chi connectivity index (χ2v) is 6.22. The molecule has 23 heavy (non-hydrogen) atoms. The molecular weight excluding hydrogens is 314 g/mol. The van der Waals surface area contributed by atoms with Crippen LogP contribution in [0, 0.1) is 0 Å². The average Bonchev–Trinajstić information content (AvgIpc) is 3.16. The van der Waals surface area contributed by atoms with Crippen molar-refractivity contribution in [2.75, 3.05) is 39.8 Å². The molecule has 1 aliphatic heterocycles. The van der Waals surface area contributed by atoms with Gasteiger partial charge in [-0.25, -0.2) is 4.79 Å². The zero-order valence-electron chi connectivity index (χ0n) is 13.5. The first kappa shape index (κ1) is 17.3. The molecule has 0 aliphatic carbocycles. The first-order valence-corrected chi connectivity index (χ1v) is 8.59. The number of hydrogen-bond acceptors (Lipinski definition) is 4. The monoisotopic (exact) mass is 337 g/mol. The van der Waals surface area contributed by atoms with Crippen molar-refractivity contribution >= 4 is 29.2 Å². The minimum atomic E-state index is -0.332. The van der Waals surface area contributed by atoms with Gasteiger partial charge in [0, 0.05) is 25.0 Å². The standard InChI is InChI=1S/C15H23N5O2S/c1-3-16-14(19(2)8-6-12-5-4-10-23-12)17-7-9-20-13(21)11-18-15(20)22/h4-5,10H,3,6-9,11H2,1-2H3,(H,16,17)(H,18,22). The van der Waals surface area contributed by atoms with Gasteiger partial charge in [0.15, 0.2) is 5.96 Å². The van der Waals surface area contributed by atoms with Crippen LogP contribution >= 0.6 is 11.3 Å². The summed E-state index contributed by atoms with van der Waals surface area (Å²) in [7, 11) is 1.99. The van der Waals surface area contributed by atoms with Crippen LogP contribution in [-0.2, 0) is 11.2 Å². The van der Waals surface area contributed by atoms with Gasteiger partial charge in [-0.15, -0.1) is 11.3 Å². The highest BCUT2D eigenvalue weighted by atomic mass is 32.1. The highest BCUT2D eigenvalue weighted by molar-refractivity contribution is 7.09. The predicted molar refractivity (Wildman–Crippen MR) is 91.7 cm³/mol. The van der Waals surface area contributed by atoms with Gasteiger partial charge >= 0.3 is 6.03 Å². The number of nitrogens with zero attached hydrogens (tertiary/aromatic N) is 3. The summed E-state index contributed by atoms with van der Waals surface area (Å²) in [5, 5.41) is 7.82. The molecule has 7 nitrogen and oxygen atoms in total. The Kier molecular flexibility index (Phi) is 6.40. The fraction of sp³-hybridized carbons (Fsp3) is 0.533. The summed E-state index contributed by atoms with van der Waals surface area (Å²) in [4.78, 5) is 32.1. The fourth-order valence-electron chi connectivity index (χ4n) is 2.25. The van der Waals surface area contributed by atoms with Crippen LogP contribution in [0.25, 0.3) is 0 Å². The molecule has 2 heterocycles. The maximum absolute atomic E-state index is 11.5. The van der Waals surface area contributed by atoms with E-state index >= 15 is 0 Å². The van der Waals surface area contributed by atoms with Gasteiger partial charge in [-0.3, -0.25) is 14.7 Å². The maximum Gasteiger partial charge on any atom is 0.324 e. The quantitative estimate of drug-likeness (QED) is 0.437. The van der Waals surface area contributed by atoms with Crippen molar-refractivity contribution in [2.45, 2.75) is 13.3 Å². The fourth-order valence-corrected chi connectivity index (χ4v) is 2.94. The van der Waals surface area contributed by atoms with Gasteiger partial charge in [0.1, 0.15) is 0 Å². The van der Waals surface area contributed by atoms with Crippen LogP contribution in [0.3, 0.4) is 0 Å². The molecule has 0 spiro atoms. The SMILES string of the molecule is CCNC(=NCCN1C(=O)CNC1=O)N(C)CCc1cccs1. The summed E-state index contributed by atoms with van der Waals surface area (Å²) in [6.07, 6.45) is 0.964. The van der Waals surface area contributed by atoms with Gasteiger partial charge in [-0.05, 0) is 24.8 Å². The molecule has 8 heteroatoms. The molecule has 2 N–H and O–H groups in total. The molecule has 0 saturated carbocycles. The third kappa shape index (κ3) is 4.95. The number of urea groups is 1. The molecule has 1 fully saturated rings. The van der Waals surface area contributed by atoms with Gasteiger partial charge in [0.05, 0.1) is 19.6 Å². The van der Waals surface area contributed by atoms with E-state index in [9.17, 15) is 9.59 Å². The van der Waals surface area contributed by atoms with Crippen LogP contribution in [0.1, 0.15) is 11.8 Å². The Labute approximate surface area is 140 Å². The Morgan fingerprint density at radius 1 is 1.52 bits per heavy atom. The number of rotatable bonds is 7. The topological polar surface area (TPSA) is 77.0 Å². The van der Waals surface area contributed by atoms with Crippen LogP contribution < -0.4 is 10.6 Å². The molecule has 126 valence electrons. The number of hydrogen-bond donors (Lipinski definition) is 2. The lowest BCUT2D eigenvalue weighted by atomic mass is 10.3. The van der Waals surface area contributed by atoms with E-state index in [1.807, 2.05) is 14.0 Å². The smallest absolute Gasteiger partial charge is 0.324 e. The number of likely N-dealkylation sites (N-methyl/N-ethyl adjacent to an activating group) is 1. The molecular formula is C15H23N5O2S. The number of carbonyl (C=O) groups is 2. The molecule has 0 bridgehead atoms. The molecule has 1 aliphatic rings. The Morgan fingerprint density at radius 3 is 2.96 bits per heavy atom.